The van der Waals surface area contributed by atoms with Gasteiger partial charge in [-0.1, -0.05) is 18.2 Å². The van der Waals surface area contributed by atoms with Crippen molar-refractivity contribution < 1.29 is 13.9 Å². The molecule has 1 atom stereocenters. The van der Waals surface area contributed by atoms with Crippen molar-refractivity contribution in [1.82, 2.24) is 15.2 Å². The molecule has 0 spiro atoms. The van der Waals surface area contributed by atoms with Crippen LogP contribution in [-0.4, -0.2) is 41.5 Å². The van der Waals surface area contributed by atoms with Crippen molar-refractivity contribution in [3.05, 3.63) is 60.2 Å². The van der Waals surface area contributed by atoms with Crippen molar-refractivity contribution in [2.75, 3.05) is 19.7 Å². The average Bonchev–Trinajstić information content (AvgIpc) is 2.95. The fourth-order valence-corrected chi connectivity index (χ4v) is 3.18. The van der Waals surface area contributed by atoms with Gasteiger partial charge in [0.2, 0.25) is 0 Å². The maximum Gasteiger partial charge on any atom is 0.261 e. The molecule has 27 heavy (non-hydrogen) atoms. The molecule has 1 fully saturated rings. The summed E-state index contributed by atoms with van der Waals surface area (Å²) >= 11 is 0. The maximum absolute atomic E-state index is 13.7. The molecule has 2 aromatic rings. The summed E-state index contributed by atoms with van der Waals surface area (Å²) in [6.45, 7) is 2.10. The smallest absolute Gasteiger partial charge is 0.261 e. The number of hydrogen-bond donors (Lipinski definition) is 1. The molecule has 1 aliphatic heterocycles. The third kappa shape index (κ3) is 6.19. The fourth-order valence-electron chi connectivity index (χ4n) is 3.18. The summed E-state index contributed by atoms with van der Waals surface area (Å²) in [5.74, 6) is -0.512. The fraction of sp³-hybridized carbons (Fsp3) is 0.400. The quantitative estimate of drug-likeness (QED) is 0.818. The number of carbonyl (C=O) groups is 1. The van der Waals surface area contributed by atoms with Crippen molar-refractivity contribution in [2.24, 2.45) is 0 Å². The van der Waals surface area contributed by atoms with Crippen LogP contribution in [0.2, 0.25) is 0 Å². The zero-order valence-corrected chi connectivity index (χ0v) is 16.0. The van der Waals surface area contributed by atoms with Crippen LogP contribution in [0, 0.1) is 5.82 Å². The van der Waals surface area contributed by atoms with Crippen molar-refractivity contribution in [1.29, 1.82) is 0 Å². The summed E-state index contributed by atoms with van der Waals surface area (Å²) < 4.78 is 19.2. The lowest BCUT2D eigenvalue weighted by molar-refractivity contribution is -0.136. The number of benzene rings is 1. The molecular formula is C20H25ClFN3O2. The first kappa shape index (κ1) is 21.1. The van der Waals surface area contributed by atoms with Crippen LogP contribution in [0.25, 0.3) is 0 Å². The monoisotopic (exact) mass is 393 g/mol. The predicted octanol–water partition coefficient (Wildman–Crippen LogP) is 3.19. The third-order valence-electron chi connectivity index (χ3n) is 4.55. The Bertz CT molecular complexity index is 709. The van der Waals surface area contributed by atoms with E-state index in [-0.39, 0.29) is 36.7 Å². The first-order valence-corrected chi connectivity index (χ1v) is 9.01. The summed E-state index contributed by atoms with van der Waals surface area (Å²) in [7, 11) is 0. The highest BCUT2D eigenvalue weighted by molar-refractivity contribution is 5.85. The number of para-hydroxylation sites is 1. The zero-order chi connectivity index (χ0) is 18.2. The summed E-state index contributed by atoms with van der Waals surface area (Å²) in [5, 5.41) is 3.37. The highest BCUT2D eigenvalue weighted by atomic mass is 35.5. The van der Waals surface area contributed by atoms with E-state index in [1.54, 1.807) is 18.3 Å². The number of ether oxygens (including phenoxy) is 1. The summed E-state index contributed by atoms with van der Waals surface area (Å²) in [6.07, 6.45) is 4.57. The number of aromatic nitrogens is 1. The first-order valence-electron chi connectivity index (χ1n) is 9.01. The summed E-state index contributed by atoms with van der Waals surface area (Å²) in [6, 6.07) is 11.9. The Morgan fingerprint density at radius 1 is 1.19 bits per heavy atom. The lowest BCUT2D eigenvalue weighted by Gasteiger charge is -2.31. The molecule has 1 amide bonds. The molecule has 2 heterocycles. The molecule has 1 unspecified atom stereocenters. The molecule has 3 rings (SSSR count). The van der Waals surface area contributed by atoms with E-state index in [1.165, 1.54) is 12.1 Å². The molecule has 0 aliphatic carbocycles. The number of carbonyl (C=O) groups excluding carboxylic acids is 1. The van der Waals surface area contributed by atoms with Gasteiger partial charge in [0.05, 0.1) is 12.2 Å². The summed E-state index contributed by atoms with van der Waals surface area (Å²) in [4.78, 5) is 19.0. The van der Waals surface area contributed by atoms with E-state index in [2.05, 4.69) is 10.3 Å². The molecule has 0 bridgehead atoms. The van der Waals surface area contributed by atoms with Gasteiger partial charge in [-0.15, -0.1) is 12.4 Å². The van der Waals surface area contributed by atoms with Crippen LogP contribution < -0.4 is 10.1 Å². The van der Waals surface area contributed by atoms with E-state index >= 15 is 0 Å². The molecule has 5 nitrogen and oxygen atoms in total. The predicted molar refractivity (Wildman–Crippen MR) is 104 cm³/mol. The maximum atomic E-state index is 13.7. The molecule has 1 N–H and O–H groups in total. The number of nitrogens with one attached hydrogen (secondary N) is 1. The number of hydrogen-bond acceptors (Lipinski definition) is 4. The average molecular weight is 394 g/mol. The second-order valence-corrected chi connectivity index (χ2v) is 6.40. The molecule has 1 saturated heterocycles. The van der Waals surface area contributed by atoms with Crippen molar-refractivity contribution in [3.63, 3.8) is 0 Å². The van der Waals surface area contributed by atoms with Crippen LogP contribution in [0.5, 0.6) is 5.75 Å². The second-order valence-electron chi connectivity index (χ2n) is 6.40. The van der Waals surface area contributed by atoms with Gasteiger partial charge in [0.25, 0.3) is 5.91 Å². The van der Waals surface area contributed by atoms with Gasteiger partial charge in [-0.3, -0.25) is 9.78 Å². The van der Waals surface area contributed by atoms with Gasteiger partial charge in [-0.2, -0.15) is 0 Å². The van der Waals surface area contributed by atoms with Crippen molar-refractivity contribution >= 4 is 18.3 Å². The van der Waals surface area contributed by atoms with E-state index in [0.29, 0.717) is 6.54 Å². The van der Waals surface area contributed by atoms with Gasteiger partial charge in [-0.05, 0) is 56.6 Å². The standard InChI is InChI=1S/C20H24FN3O2.ClH/c21-18-8-1-2-9-19(18)26-15-20(25)24(14-16-6-3-4-12-23-16)17-7-5-11-22-13-10-17;/h1-4,6,8-9,12,17,22H,5,7,10-11,13-15H2;1H. The third-order valence-corrected chi connectivity index (χ3v) is 4.55. The SMILES string of the molecule is Cl.O=C(COc1ccccc1F)N(Cc1ccccn1)C1CCCNCC1. The van der Waals surface area contributed by atoms with E-state index in [0.717, 1.165) is 38.0 Å². The van der Waals surface area contributed by atoms with Crippen molar-refractivity contribution in [2.45, 2.75) is 31.8 Å². The Morgan fingerprint density at radius 2 is 2.00 bits per heavy atom. The molecule has 1 aromatic carbocycles. The van der Waals surface area contributed by atoms with Crippen LogP contribution in [0.15, 0.2) is 48.7 Å². The molecule has 1 aliphatic rings. The van der Waals surface area contributed by atoms with Crippen molar-refractivity contribution in [3.8, 4) is 5.75 Å². The minimum Gasteiger partial charge on any atom is -0.481 e. The zero-order valence-electron chi connectivity index (χ0n) is 15.1. The number of rotatable bonds is 6. The van der Waals surface area contributed by atoms with Crippen LogP contribution in [0.3, 0.4) is 0 Å². The number of pyridine rings is 1. The largest absolute Gasteiger partial charge is 0.481 e. The lowest BCUT2D eigenvalue weighted by Crippen LogP contribution is -2.43. The van der Waals surface area contributed by atoms with E-state index in [4.69, 9.17) is 4.74 Å². The minimum absolute atomic E-state index is 0. The molecule has 7 heteroatoms. The van der Waals surface area contributed by atoms with Gasteiger partial charge in [-0.25, -0.2) is 4.39 Å². The van der Waals surface area contributed by atoms with Crippen LogP contribution in [-0.2, 0) is 11.3 Å². The molecule has 146 valence electrons. The highest BCUT2D eigenvalue weighted by Crippen LogP contribution is 2.19. The van der Waals surface area contributed by atoms with Gasteiger partial charge in [0.15, 0.2) is 18.2 Å². The molecule has 1 aromatic heterocycles. The normalized spacial score (nSPS) is 16.7. The first-order chi connectivity index (χ1) is 12.7. The Labute approximate surface area is 165 Å². The van der Waals surface area contributed by atoms with E-state index in [1.807, 2.05) is 23.1 Å². The van der Waals surface area contributed by atoms with Gasteiger partial charge < -0.3 is 15.0 Å². The second kappa shape index (κ2) is 10.8. The molecular weight excluding hydrogens is 369 g/mol. The van der Waals surface area contributed by atoms with E-state index < -0.39 is 5.82 Å². The topological polar surface area (TPSA) is 54.5 Å². The van der Waals surface area contributed by atoms with Gasteiger partial charge >= 0.3 is 0 Å². The lowest BCUT2D eigenvalue weighted by atomic mass is 10.1. The van der Waals surface area contributed by atoms with Crippen LogP contribution in [0.4, 0.5) is 4.39 Å². The van der Waals surface area contributed by atoms with Gasteiger partial charge in [0.1, 0.15) is 0 Å². The number of nitrogens with zero attached hydrogens (tertiary/aromatic N) is 2. The number of halogens is 2. The van der Waals surface area contributed by atoms with E-state index in [9.17, 15) is 9.18 Å². The Hall–Kier alpha value is -2.18. The Morgan fingerprint density at radius 3 is 2.78 bits per heavy atom. The summed E-state index contributed by atoms with van der Waals surface area (Å²) in [5.41, 5.74) is 0.837. The Kier molecular flexibility index (Phi) is 8.48. The molecule has 0 saturated carbocycles. The van der Waals surface area contributed by atoms with Crippen LogP contribution in [0.1, 0.15) is 25.0 Å². The highest BCUT2D eigenvalue weighted by Gasteiger charge is 2.25. The minimum atomic E-state index is -0.463. The Balaban J connectivity index is 0.00000261. The number of amides is 1. The molecule has 0 radical (unpaired) electrons. The van der Waals surface area contributed by atoms with Gasteiger partial charge in [0, 0.05) is 12.2 Å². The van der Waals surface area contributed by atoms with Crippen LogP contribution >= 0.6 is 12.4 Å².